The molecule has 4 rings (SSSR count). The van der Waals surface area contributed by atoms with Crippen molar-refractivity contribution in [1.82, 2.24) is 9.78 Å². The summed E-state index contributed by atoms with van der Waals surface area (Å²) < 4.78 is 13.4. The van der Waals surface area contributed by atoms with Crippen molar-refractivity contribution in [1.29, 1.82) is 0 Å². The molecular weight excluding hydrogens is 420 g/mol. The van der Waals surface area contributed by atoms with Gasteiger partial charge in [0.2, 0.25) is 12.2 Å². The lowest BCUT2D eigenvalue weighted by Crippen LogP contribution is -2.60. The van der Waals surface area contributed by atoms with Gasteiger partial charge in [0.05, 0.1) is 6.61 Å². The Labute approximate surface area is 185 Å². The molecule has 1 aliphatic carbocycles. The number of hydrogen-bond acceptors (Lipinski definition) is 8. The Morgan fingerprint density at radius 3 is 2.45 bits per heavy atom. The lowest BCUT2D eigenvalue weighted by Gasteiger charge is -2.39. The molecule has 1 aromatic carbocycles. The van der Waals surface area contributed by atoms with Crippen molar-refractivity contribution in [3.05, 3.63) is 41.1 Å². The van der Waals surface area contributed by atoms with Gasteiger partial charge in [-0.3, -0.25) is 4.68 Å². The lowest BCUT2D eigenvalue weighted by molar-refractivity contribution is -0.278. The standard InChI is InChI=1S/C22H30N2O6S/c1-12-16(9-13-5-7-15(31-2)8-6-13)21(23-24(12)10-14-3-4-14)30-22-20(28)19(27)18(26)17(11-25)29-22/h5-8,14,17-20,22,25-28H,3-4,9-11H2,1-2H3/t17-,18-,19+,20-,22?/m1/s1. The molecule has 8 nitrogen and oxygen atoms in total. The summed E-state index contributed by atoms with van der Waals surface area (Å²) in [6, 6.07) is 8.28. The van der Waals surface area contributed by atoms with Gasteiger partial charge in [-0.1, -0.05) is 12.1 Å². The van der Waals surface area contributed by atoms with Gasteiger partial charge in [-0.05, 0) is 49.6 Å². The first-order chi connectivity index (χ1) is 14.9. The van der Waals surface area contributed by atoms with E-state index in [1.54, 1.807) is 11.8 Å². The minimum atomic E-state index is -1.49. The third kappa shape index (κ3) is 4.92. The van der Waals surface area contributed by atoms with E-state index in [-0.39, 0.29) is 0 Å². The van der Waals surface area contributed by atoms with Crippen molar-refractivity contribution < 1.29 is 29.9 Å². The van der Waals surface area contributed by atoms with Crippen molar-refractivity contribution in [3.63, 3.8) is 0 Å². The Kier molecular flexibility index (Phi) is 6.90. The van der Waals surface area contributed by atoms with E-state index in [9.17, 15) is 20.4 Å². The molecule has 0 amide bonds. The zero-order valence-corrected chi connectivity index (χ0v) is 18.5. The van der Waals surface area contributed by atoms with E-state index in [0.29, 0.717) is 18.2 Å². The number of benzene rings is 1. The largest absolute Gasteiger partial charge is 0.443 e. The maximum Gasteiger partial charge on any atom is 0.239 e. The molecule has 170 valence electrons. The number of thioether (sulfide) groups is 1. The molecule has 1 unspecified atom stereocenters. The van der Waals surface area contributed by atoms with Gasteiger partial charge in [-0.15, -0.1) is 16.9 Å². The summed E-state index contributed by atoms with van der Waals surface area (Å²) in [5.74, 6) is 0.948. The Balaban J connectivity index is 1.60. The first-order valence-corrected chi connectivity index (χ1v) is 11.8. The van der Waals surface area contributed by atoms with Gasteiger partial charge < -0.3 is 29.9 Å². The highest BCUT2D eigenvalue weighted by Gasteiger charge is 2.45. The van der Waals surface area contributed by atoms with Gasteiger partial charge in [0.15, 0.2) is 0 Å². The summed E-state index contributed by atoms with van der Waals surface area (Å²) in [5.41, 5.74) is 2.97. The fourth-order valence-electron chi connectivity index (χ4n) is 3.80. The molecule has 1 saturated heterocycles. The number of nitrogens with zero attached hydrogens (tertiary/aromatic N) is 2. The van der Waals surface area contributed by atoms with Crippen LogP contribution in [-0.2, 0) is 17.7 Å². The second-order valence-corrected chi connectivity index (χ2v) is 9.21. The van der Waals surface area contributed by atoms with Crippen LogP contribution >= 0.6 is 11.8 Å². The second kappa shape index (κ2) is 9.48. The highest BCUT2D eigenvalue weighted by atomic mass is 32.2. The predicted molar refractivity (Wildman–Crippen MR) is 115 cm³/mol. The first kappa shape index (κ1) is 22.6. The van der Waals surface area contributed by atoms with Crippen molar-refractivity contribution in [3.8, 4) is 5.88 Å². The summed E-state index contributed by atoms with van der Waals surface area (Å²) in [6.45, 7) is 2.30. The number of hydrogen-bond donors (Lipinski definition) is 4. The molecule has 4 N–H and O–H groups in total. The zero-order chi connectivity index (χ0) is 22.1. The van der Waals surface area contributed by atoms with Gasteiger partial charge in [-0.2, -0.15) is 0 Å². The summed E-state index contributed by atoms with van der Waals surface area (Å²) in [7, 11) is 0. The Bertz CT molecular complexity index is 883. The lowest BCUT2D eigenvalue weighted by atomic mass is 9.99. The van der Waals surface area contributed by atoms with Crippen LogP contribution in [0.15, 0.2) is 29.2 Å². The smallest absolute Gasteiger partial charge is 0.239 e. The fraction of sp³-hybridized carbons (Fsp3) is 0.591. The van der Waals surface area contributed by atoms with Crippen LogP contribution in [0.2, 0.25) is 0 Å². The van der Waals surface area contributed by atoms with Gasteiger partial charge in [0, 0.05) is 29.1 Å². The molecular formula is C22H30N2O6S. The molecule has 2 fully saturated rings. The number of rotatable bonds is 8. The van der Waals surface area contributed by atoms with E-state index in [4.69, 9.17) is 9.47 Å². The average molecular weight is 451 g/mol. The number of aliphatic hydroxyl groups is 4. The number of ether oxygens (including phenoxy) is 2. The van der Waals surface area contributed by atoms with Crippen LogP contribution in [0.4, 0.5) is 0 Å². The van der Waals surface area contributed by atoms with E-state index in [1.807, 2.05) is 17.9 Å². The van der Waals surface area contributed by atoms with Crippen molar-refractivity contribution in [2.24, 2.45) is 5.92 Å². The average Bonchev–Trinajstić information content (AvgIpc) is 3.56. The summed E-state index contributed by atoms with van der Waals surface area (Å²) >= 11 is 1.68. The molecule has 2 aliphatic rings. The van der Waals surface area contributed by atoms with E-state index < -0.39 is 37.3 Å². The van der Waals surface area contributed by atoms with Crippen LogP contribution in [0.1, 0.15) is 29.7 Å². The molecule has 9 heteroatoms. The molecule has 0 bridgehead atoms. The van der Waals surface area contributed by atoms with Crippen LogP contribution in [0, 0.1) is 12.8 Å². The van der Waals surface area contributed by atoms with Crippen LogP contribution in [0.3, 0.4) is 0 Å². The highest BCUT2D eigenvalue weighted by Crippen LogP contribution is 2.34. The zero-order valence-electron chi connectivity index (χ0n) is 17.7. The molecule has 1 saturated carbocycles. The topological polar surface area (TPSA) is 117 Å². The minimum absolute atomic E-state index is 0.330. The maximum absolute atomic E-state index is 10.4. The van der Waals surface area contributed by atoms with E-state index in [1.165, 1.54) is 17.7 Å². The van der Waals surface area contributed by atoms with Gasteiger partial charge in [-0.25, -0.2) is 0 Å². The van der Waals surface area contributed by atoms with Crippen molar-refractivity contribution in [2.75, 3.05) is 12.9 Å². The number of aliphatic hydroxyl groups excluding tert-OH is 4. The molecule has 5 atom stereocenters. The predicted octanol–water partition coefficient (Wildman–Crippen LogP) is 1.09. The summed E-state index contributed by atoms with van der Waals surface area (Å²) in [6.07, 6.45) is -1.67. The third-order valence-corrected chi connectivity index (χ3v) is 6.78. The van der Waals surface area contributed by atoms with Crippen LogP contribution < -0.4 is 4.74 Å². The second-order valence-electron chi connectivity index (χ2n) is 8.33. The molecule has 2 heterocycles. The minimum Gasteiger partial charge on any atom is -0.443 e. The quantitative estimate of drug-likeness (QED) is 0.442. The van der Waals surface area contributed by atoms with Crippen LogP contribution in [0.25, 0.3) is 0 Å². The molecule has 0 radical (unpaired) electrons. The fourth-order valence-corrected chi connectivity index (χ4v) is 4.21. The first-order valence-electron chi connectivity index (χ1n) is 10.6. The highest BCUT2D eigenvalue weighted by molar-refractivity contribution is 7.98. The SMILES string of the molecule is CSc1ccc(Cc2c(OC3O[C@H](CO)[C@@H](O)[C@H](O)[C@H]3O)nn(CC3CC3)c2C)cc1. The van der Waals surface area contributed by atoms with Gasteiger partial charge in [0.1, 0.15) is 24.4 Å². The summed E-state index contributed by atoms with van der Waals surface area (Å²) in [5, 5.41) is 44.6. The normalized spacial score (nSPS) is 28.6. The van der Waals surface area contributed by atoms with Crippen molar-refractivity contribution in [2.45, 2.75) is 68.3 Å². The van der Waals surface area contributed by atoms with Crippen LogP contribution in [-0.4, -0.2) is 73.8 Å². The van der Waals surface area contributed by atoms with E-state index in [2.05, 4.69) is 29.4 Å². The van der Waals surface area contributed by atoms with E-state index >= 15 is 0 Å². The maximum atomic E-state index is 10.4. The Morgan fingerprint density at radius 1 is 1.13 bits per heavy atom. The molecule has 1 aliphatic heterocycles. The van der Waals surface area contributed by atoms with Crippen molar-refractivity contribution >= 4 is 11.8 Å². The monoisotopic (exact) mass is 450 g/mol. The van der Waals surface area contributed by atoms with Crippen LogP contribution in [0.5, 0.6) is 5.88 Å². The Hall–Kier alpha value is -1.62. The Morgan fingerprint density at radius 2 is 1.84 bits per heavy atom. The third-order valence-electron chi connectivity index (χ3n) is 6.04. The van der Waals surface area contributed by atoms with E-state index in [0.717, 1.165) is 23.4 Å². The number of aromatic nitrogens is 2. The summed E-state index contributed by atoms with van der Waals surface area (Å²) in [4.78, 5) is 1.18. The molecule has 2 aromatic rings. The molecule has 31 heavy (non-hydrogen) atoms. The van der Waals surface area contributed by atoms with Gasteiger partial charge >= 0.3 is 0 Å². The van der Waals surface area contributed by atoms with Gasteiger partial charge in [0.25, 0.3) is 0 Å². The molecule has 1 aromatic heterocycles. The molecule has 0 spiro atoms.